The summed E-state index contributed by atoms with van der Waals surface area (Å²) in [4.78, 5) is 38.6. The highest BCUT2D eigenvalue weighted by Crippen LogP contribution is 2.31. The minimum Gasteiger partial charge on any atom is -0.463 e. The highest BCUT2D eigenvalue weighted by molar-refractivity contribution is 6.04. The van der Waals surface area contributed by atoms with Gasteiger partial charge in [-0.3, -0.25) is 4.79 Å². The van der Waals surface area contributed by atoms with Crippen LogP contribution in [0.3, 0.4) is 0 Å². The molecule has 1 atom stereocenters. The van der Waals surface area contributed by atoms with Crippen molar-refractivity contribution in [1.82, 2.24) is 10.2 Å². The predicted octanol–water partition coefficient (Wildman–Crippen LogP) is 3.61. The summed E-state index contributed by atoms with van der Waals surface area (Å²) in [7, 11) is 1.57. The zero-order valence-corrected chi connectivity index (χ0v) is 16.9. The molecule has 0 saturated carbocycles. The largest absolute Gasteiger partial charge is 0.463 e. The molecule has 1 aliphatic heterocycles. The van der Waals surface area contributed by atoms with Gasteiger partial charge in [-0.05, 0) is 49.7 Å². The lowest BCUT2D eigenvalue weighted by Crippen LogP contribution is -2.46. The molecule has 3 amide bonds. The average molecular weight is 411 g/mol. The molecule has 0 fully saturated rings. The van der Waals surface area contributed by atoms with Crippen molar-refractivity contribution in [1.29, 1.82) is 0 Å². The van der Waals surface area contributed by atoms with E-state index in [1.54, 1.807) is 45.2 Å². The summed E-state index contributed by atoms with van der Waals surface area (Å²) in [5, 5.41) is 5.49. The van der Waals surface area contributed by atoms with E-state index in [1.807, 2.05) is 0 Å². The molecule has 0 radical (unpaired) electrons. The second-order valence-corrected chi connectivity index (χ2v) is 6.75. The lowest BCUT2D eigenvalue weighted by atomic mass is 9.94. The first-order valence-corrected chi connectivity index (χ1v) is 9.40. The Bertz CT molecular complexity index is 1030. The first kappa shape index (κ1) is 21.0. The minimum absolute atomic E-state index is 0.177. The SMILES string of the molecule is CCOC(=O)C1=C(C)N(C)C(=O)NC1c1cccc(NC(=O)c2cccc(F)c2)c1. The van der Waals surface area contributed by atoms with Crippen LogP contribution < -0.4 is 10.6 Å². The molecule has 2 aromatic rings. The van der Waals surface area contributed by atoms with Gasteiger partial charge in [-0.15, -0.1) is 0 Å². The third-order valence-electron chi connectivity index (χ3n) is 4.81. The topological polar surface area (TPSA) is 87.7 Å². The number of carbonyl (C=O) groups is 3. The molecule has 0 bridgehead atoms. The molecule has 1 unspecified atom stereocenters. The Kier molecular flexibility index (Phi) is 6.15. The van der Waals surface area contributed by atoms with Gasteiger partial charge >= 0.3 is 12.0 Å². The summed E-state index contributed by atoms with van der Waals surface area (Å²) in [6.07, 6.45) is 0. The zero-order chi connectivity index (χ0) is 21.8. The molecule has 30 heavy (non-hydrogen) atoms. The van der Waals surface area contributed by atoms with E-state index >= 15 is 0 Å². The van der Waals surface area contributed by atoms with Crippen LogP contribution in [0.5, 0.6) is 0 Å². The van der Waals surface area contributed by atoms with Crippen LogP contribution in [-0.4, -0.2) is 36.5 Å². The molecule has 0 spiro atoms. The van der Waals surface area contributed by atoms with Crippen molar-refractivity contribution in [2.45, 2.75) is 19.9 Å². The minimum atomic E-state index is -0.737. The van der Waals surface area contributed by atoms with E-state index in [-0.39, 0.29) is 18.2 Å². The number of nitrogens with one attached hydrogen (secondary N) is 2. The highest BCUT2D eigenvalue weighted by atomic mass is 19.1. The van der Waals surface area contributed by atoms with Crippen molar-refractivity contribution in [3.63, 3.8) is 0 Å². The summed E-state index contributed by atoms with van der Waals surface area (Å²) in [6, 6.07) is 11.0. The molecule has 3 rings (SSSR count). The first-order chi connectivity index (χ1) is 14.3. The fraction of sp³-hybridized carbons (Fsp3) is 0.227. The van der Waals surface area contributed by atoms with Gasteiger partial charge in [-0.2, -0.15) is 0 Å². The van der Waals surface area contributed by atoms with Gasteiger partial charge in [-0.1, -0.05) is 18.2 Å². The van der Waals surface area contributed by atoms with Crippen LogP contribution >= 0.6 is 0 Å². The third kappa shape index (κ3) is 4.32. The number of amides is 3. The maximum absolute atomic E-state index is 13.4. The maximum atomic E-state index is 13.4. The molecule has 8 heteroatoms. The highest BCUT2D eigenvalue weighted by Gasteiger charge is 2.35. The van der Waals surface area contributed by atoms with E-state index in [0.29, 0.717) is 22.5 Å². The lowest BCUT2D eigenvalue weighted by molar-refractivity contribution is -0.139. The summed E-state index contributed by atoms with van der Waals surface area (Å²) < 4.78 is 18.6. The van der Waals surface area contributed by atoms with Crippen molar-refractivity contribution >= 4 is 23.6 Å². The van der Waals surface area contributed by atoms with Crippen LogP contribution in [-0.2, 0) is 9.53 Å². The Morgan fingerprint density at radius 2 is 1.93 bits per heavy atom. The van der Waals surface area contributed by atoms with Gasteiger partial charge in [0.25, 0.3) is 5.91 Å². The lowest BCUT2D eigenvalue weighted by Gasteiger charge is -2.33. The Hall–Kier alpha value is -3.68. The maximum Gasteiger partial charge on any atom is 0.338 e. The van der Waals surface area contributed by atoms with Crippen LogP contribution in [0, 0.1) is 5.82 Å². The standard InChI is InChI=1S/C22H22FN3O4/c1-4-30-21(28)18-13(2)26(3)22(29)25-19(18)14-7-6-10-17(12-14)24-20(27)15-8-5-9-16(23)11-15/h5-12,19H,4H2,1-3H3,(H,24,27)(H,25,29). The fourth-order valence-corrected chi connectivity index (χ4v) is 3.19. The number of esters is 1. The molecular formula is C22H22FN3O4. The van der Waals surface area contributed by atoms with Gasteiger partial charge in [0.15, 0.2) is 0 Å². The Morgan fingerprint density at radius 1 is 1.20 bits per heavy atom. The number of halogens is 1. The molecule has 1 heterocycles. The summed E-state index contributed by atoms with van der Waals surface area (Å²) in [5.41, 5.74) is 2.01. The van der Waals surface area contributed by atoms with E-state index in [4.69, 9.17) is 4.74 Å². The number of hydrogen-bond donors (Lipinski definition) is 2. The second-order valence-electron chi connectivity index (χ2n) is 6.75. The third-order valence-corrected chi connectivity index (χ3v) is 4.81. The number of ether oxygens (including phenoxy) is 1. The fourth-order valence-electron chi connectivity index (χ4n) is 3.19. The van der Waals surface area contributed by atoms with Gasteiger partial charge in [0.2, 0.25) is 0 Å². The Balaban J connectivity index is 1.92. The number of carbonyl (C=O) groups excluding carboxylic acids is 3. The number of urea groups is 1. The van der Waals surface area contributed by atoms with Crippen molar-refractivity contribution in [3.05, 3.63) is 76.7 Å². The average Bonchev–Trinajstić information content (AvgIpc) is 2.72. The zero-order valence-electron chi connectivity index (χ0n) is 16.9. The van der Waals surface area contributed by atoms with Crippen molar-refractivity contribution in [2.75, 3.05) is 19.0 Å². The van der Waals surface area contributed by atoms with Crippen LogP contribution in [0.4, 0.5) is 14.9 Å². The molecule has 1 aliphatic rings. The van der Waals surface area contributed by atoms with Gasteiger partial charge in [0.1, 0.15) is 5.82 Å². The van der Waals surface area contributed by atoms with Crippen molar-refractivity contribution in [2.24, 2.45) is 0 Å². The number of allylic oxidation sites excluding steroid dienone is 1. The molecule has 7 nitrogen and oxygen atoms in total. The van der Waals surface area contributed by atoms with Crippen molar-refractivity contribution < 1.29 is 23.5 Å². The molecule has 2 aromatic carbocycles. The van der Waals surface area contributed by atoms with Crippen molar-refractivity contribution in [3.8, 4) is 0 Å². The van der Waals surface area contributed by atoms with E-state index in [0.717, 1.165) is 6.07 Å². The number of hydrogen-bond acceptors (Lipinski definition) is 4. The monoisotopic (exact) mass is 411 g/mol. The number of rotatable bonds is 5. The smallest absolute Gasteiger partial charge is 0.338 e. The van der Waals surface area contributed by atoms with Crippen LogP contribution in [0.15, 0.2) is 59.8 Å². The predicted molar refractivity (Wildman–Crippen MR) is 109 cm³/mol. The summed E-state index contributed by atoms with van der Waals surface area (Å²) in [5.74, 6) is -1.51. The van der Waals surface area contributed by atoms with Gasteiger partial charge in [0.05, 0.1) is 18.2 Å². The van der Waals surface area contributed by atoms with E-state index in [2.05, 4.69) is 10.6 Å². The van der Waals surface area contributed by atoms with Gasteiger partial charge in [-0.25, -0.2) is 14.0 Å². The second kappa shape index (κ2) is 8.77. The van der Waals surface area contributed by atoms with E-state index in [1.165, 1.54) is 23.1 Å². The first-order valence-electron chi connectivity index (χ1n) is 9.40. The Labute approximate surface area is 173 Å². The van der Waals surface area contributed by atoms with Gasteiger partial charge in [0, 0.05) is 24.0 Å². The molecule has 0 aromatic heterocycles. The molecule has 156 valence electrons. The summed E-state index contributed by atoms with van der Waals surface area (Å²) >= 11 is 0. The van der Waals surface area contributed by atoms with Crippen LogP contribution in [0.1, 0.15) is 35.8 Å². The van der Waals surface area contributed by atoms with Crippen LogP contribution in [0.2, 0.25) is 0 Å². The molecule has 0 saturated heterocycles. The summed E-state index contributed by atoms with van der Waals surface area (Å²) in [6.45, 7) is 3.58. The normalized spacial score (nSPS) is 16.2. The van der Waals surface area contributed by atoms with Crippen LogP contribution in [0.25, 0.3) is 0 Å². The van der Waals surface area contributed by atoms with E-state index < -0.39 is 23.7 Å². The molecular weight excluding hydrogens is 389 g/mol. The van der Waals surface area contributed by atoms with Gasteiger partial charge < -0.3 is 20.3 Å². The number of anilines is 1. The Morgan fingerprint density at radius 3 is 2.63 bits per heavy atom. The quantitative estimate of drug-likeness (QED) is 0.736. The van der Waals surface area contributed by atoms with E-state index in [9.17, 15) is 18.8 Å². The number of benzene rings is 2. The molecule has 0 aliphatic carbocycles. The molecule has 2 N–H and O–H groups in total. The number of nitrogens with zero attached hydrogens (tertiary/aromatic N) is 1.